The second-order valence-corrected chi connectivity index (χ2v) is 4.32. The average Bonchev–Trinajstić information content (AvgIpc) is 2.46. The van der Waals surface area contributed by atoms with E-state index in [-0.39, 0.29) is 11.2 Å². The summed E-state index contributed by atoms with van der Waals surface area (Å²) < 4.78 is 0. The molecule has 0 spiro atoms. The van der Waals surface area contributed by atoms with E-state index in [1.165, 1.54) is 0 Å². The first-order valence-electron chi connectivity index (χ1n) is 5.76. The highest BCUT2D eigenvalue weighted by molar-refractivity contribution is 6.30. The maximum absolute atomic E-state index is 8.77. The minimum absolute atomic E-state index is 0.0115. The lowest BCUT2D eigenvalue weighted by molar-refractivity contribution is 0.540. The van der Waals surface area contributed by atoms with Gasteiger partial charge in [0.05, 0.1) is 17.3 Å². The molecule has 1 unspecified atom stereocenters. The zero-order valence-electron chi connectivity index (χ0n) is 10.3. The molecule has 0 aliphatic rings. The van der Waals surface area contributed by atoms with Gasteiger partial charge in [0.2, 0.25) is 0 Å². The van der Waals surface area contributed by atoms with E-state index in [2.05, 4.69) is 20.3 Å². The maximum Gasteiger partial charge on any atom is 0.147 e. The predicted octanol–water partition coefficient (Wildman–Crippen LogP) is 2.25. The summed E-state index contributed by atoms with van der Waals surface area (Å²) in [5.74, 6) is 0.724. The SMILES string of the molecule is CC(NCc1ccc(C#N)c(Cl)n1)c1ncccn1. The van der Waals surface area contributed by atoms with E-state index in [4.69, 9.17) is 16.9 Å². The van der Waals surface area contributed by atoms with Gasteiger partial charge in [-0.3, -0.25) is 0 Å². The predicted molar refractivity (Wildman–Crippen MR) is 71.2 cm³/mol. The van der Waals surface area contributed by atoms with Gasteiger partial charge in [-0.05, 0) is 25.1 Å². The Balaban J connectivity index is 2.00. The van der Waals surface area contributed by atoms with E-state index in [0.29, 0.717) is 12.1 Å². The smallest absolute Gasteiger partial charge is 0.147 e. The van der Waals surface area contributed by atoms with Gasteiger partial charge in [-0.2, -0.15) is 5.26 Å². The summed E-state index contributed by atoms with van der Waals surface area (Å²) in [7, 11) is 0. The third-order valence-corrected chi connectivity index (χ3v) is 2.88. The maximum atomic E-state index is 8.77. The highest BCUT2D eigenvalue weighted by atomic mass is 35.5. The molecule has 96 valence electrons. The molecular weight excluding hydrogens is 262 g/mol. The summed E-state index contributed by atoms with van der Waals surface area (Å²) in [6.07, 6.45) is 3.41. The van der Waals surface area contributed by atoms with Gasteiger partial charge in [-0.25, -0.2) is 15.0 Å². The van der Waals surface area contributed by atoms with Crippen molar-refractivity contribution in [2.45, 2.75) is 19.5 Å². The van der Waals surface area contributed by atoms with E-state index in [0.717, 1.165) is 11.5 Å². The van der Waals surface area contributed by atoms with Crippen LogP contribution in [0.3, 0.4) is 0 Å². The van der Waals surface area contributed by atoms with Gasteiger partial charge in [0, 0.05) is 18.9 Å². The summed E-state index contributed by atoms with van der Waals surface area (Å²) in [4.78, 5) is 12.5. The van der Waals surface area contributed by atoms with E-state index in [1.54, 1.807) is 30.6 Å². The van der Waals surface area contributed by atoms with E-state index in [9.17, 15) is 0 Å². The lowest BCUT2D eigenvalue weighted by Gasteiger charge is -2.11. The Morgan fingerprint density at radius 3 is 2.74 bits per heavy atom. The van der Waals surface area contributed by atoms with Gasteiger partial charge < -0.3 is 5.32 Å². The van der Waals surface area contributed by atoms with E-state index in [1.807, 2.05) is 13.0 Å². The molecule has 19 heavy (non-hydrogen) atoms. The largest absolute Gasteiger partial charge is 0.302 e. The Morgan fingerprint density at radius 2 is 2.11 bits per heavy atom. The van der Waals surface area contributed by atoms with Crippen LogP contribution in [0.25, 0.3) is 0 Å². The fourth-order valence-electron chi connectivity index (χ4n) is 1.54. The monoisotopic (exact) mass is 273 g/mol. The number of nitrogens with zero attached hydrogens (tertiary/aromatic N) is 4. The standard InChI is InChI=1S/C13H12ClN5/c1-9(13-16-5-2-6-17-13)18-8-11-4-3-10(7-15)12(14)19-11/h2-6,9,18H,8H2,1H3. The van der Waals surface area contributed by atoms with Crippen LogP contribution >= 0.6 is 11.6 Å². The van der Waals surface area contributed by atoms with Crippen molar-refractivity contribution in [3.05, 3.63) is 52.8 Å². The summed E-state index contributed by atoms with van der Waals surface area (Å²) in [6, 6.07) is 7.20. The van der Waals surface area contributed by atoms with Gasteiger partial charge in [0.15, 0.2) is 0 Å². The minimum Gasteiger partial charge on any atom is -0.302 e. The number of pyridine rings is 1. The van der Waals surface area contributed by atoms with Crippen molar-refractivity contribution in [3.63, 3.8) is 0 Å². The number of hydrogen-bond acceptors (Lipinski definition) is 5. The fraction of sp³-hybridized carbons (Fsp3) is 0.231. The van der Waals surface area contributed by atoms with E-state index >= 15 is 0 Å². The molecule has 2 rings (SSSR count). The fourth-order valence-corrected chi connectivity index (χ4v) is 1.75. The van der Waals surface area contributed by atoms with Gasteiger partial charge in [0.25, 0.3) is 0 Å². The van der Waals surface area contributed by atoms with Crippen molar-refractivity contribution in [3.8, 4) is 6.07 Å². The first-order chi connectivity index (χ1) is 9.20. The minimum atomic E-state index is 0.0115. The second kappa shape index (κ2) is 6.23. The zero-order chi connectivity index (χ0) is 13.7. The zero-order valence-corrected chi connectivity index (χ0v) is 11.1. The van der Waals surface area contributed by atoms with Crippen molar-refractivity contribution < 1.29 is 0 Å². The van der Waals surface area contributed by atoms with Gasteiger partial charge in [-0.1, -0.05) is 11.6 Å². The van der Waals surface area contributed by atoms with Crippen LogP contribution in [0.15, 0.2) is 30.6 Å². The summed E-state index contributed by atoms with van der Waals surface area (Å²) in [5.41, 5.74) is 1.15. The molecule has 0 fully saturated rings. The molecule has 5 nitrogen and oxygen atoms in total. The summed E-state index contributed by atoms with van der Waals surface area (Å²) >= 11 is 5.88. The van der Waals surface area contributed by atoms with Gasteiger partial charge >= 0.3 is 0 Å². The molecule has 1 N–H and O–H groups in total. The molecule has 0 saturated heterocycles. The Bertz CT molecular complexity index is 594. The quantitative estimate of drug-likeness (QED) is 0.865. The van der Waals surface area contributed by atoms with Crippen LogP contribution in [0.2, 0.25) is 5.15 Å². The normalized spacial score (nSPS) is 11.8. The molecule has 1 atom stereocenters. The molecule has 0 radical (unpaired) electrons. The molecule has 0 saturated carbocycles. The van der Waals surface area contributed by atoms with Crippen LogP contribution in [-0.4, -0.2) is 15.0 Å². The second-order valence-electron chi connectivity index (χ2n) is 3.96. The summed E-state index contributed by atoms with van der Waals surface area (Å²) in [6.45, 7) is 2.51. The number of aromatic nitrogens is 3. The highest BCUT2D eigenvalue weighted by Gasteiger charge is 2.08. The lowest BCUT2D eigenvalue weighted by Crippen LogP contribution is -2.20. The van der Waals surface area contributed by atoms with Crippen LogP contribution in [0.1, 0.15) is 30.0 Å². The van der Waals surface area contributed by atoms with Gasteiger partial charge in [0.1, 0.15) is 17.0 Å². The average molecular weight is 274 g/mol. The van der Waals surface area contributed by atoms with Crippen molar-refractivity contribution in [2.24, 2.45) is 0 Å². The highest BCUT2D eigenvalue weighted by Crippen LogP contribution is 2.13. The molecule has 0 aliphatic heterocycles. The Morgan fingerprint density at radius 1 is 1.37 bits per heavy atom. The van der Waals surface area contributed by atoms with Crippen molar-refractivity contribution >= 4 is 11.6 Å². The number of rotatable bonds is 4. The van der Waals surface area contributed by atoms with Crippen LogP contribution < -0.4 is 5.32 Å². The summed E-state index contributed by atoms with van der Waals surface area (Å²) in [5, 5.41) is 12.2. The number of nitriles is 1. The first kappa shape index (κ1) is 13.4. The Kier molecular flexibility index (Phi) is 4.39. The lowest BCUT2D eigenvalue weighted by atomic mass is 10.2. The Hall–Kier alpha value is -2.03. The van der Waals surface area contributed by atoms with E-state index < -0.39 is 0 Å². The van der Waals surface area contributed by atoms with Crippen LogP contribution in [0, 0.1) is 11.3 Å². The Labute approximate surface area is 116 Å². The van der Waals surface area contributed by atoms with Crippen LogP contribution in [0.5, 0.6) is 0 Å². The molecule has 6 heteroatoms. The van der Waals surface area contributed by atoms with Crippen LogP contribution in [-0.2, 0) is 6.54 Å². The molecule has 0 aromatic carbocycles. The molecule has 0 bridgehead atoms. The molecule has 2 heterocycles. The molecule has 0 amide bonds. The molecule has 2 aromatic rings. The third-order valence-electron chi connectivity index (χ3n) is 2.59. The number of halogens is 1. The third kappa shape index (κ3) is 3.47. The van der Waals surface area contributed by atoms with Crippen molar-refractivity contribution in [1.82, 2.24) is 20.3 Å². The number of nitrogens with one attached hydrogen (secondary N) is 1. The molecule has 2 aromatic heterocycles. The topological polar surface area (TPSA) is 74.5 Å². The first-order valence-corrected chi connectivity index (χ1v) is 6.14. The van der Waals surface area contributed by atoms with Crippen LogP contribution in [0.4, 0.5) is 0 Å². The molecular formula is C13H12ClN5. The molecule has 0 aliphatic carbocycles. The van der Waals surface area contributed by atoms with Crippen molar-refractivity contribution in [1.29, 1.82) is 5.26 Å². The van der Waals surface area contributed by atoms with Crippen molar-refractivity contribution in [2.75, 3.05) is 0 Å². The number of hydrogen-bond donors (Lipinski definition) is 1. The van der Waals surface area contributed by atoms with Gasteiger partial charge in [-0.15, -0.1) is 0 Å².